The highest BCUT2D eigenvalue weighted by molar-refractivity contribution is 6.03. The molecule has 0 saturated heterocycles. The van der Waals surface area contributed by atoms with E-state index in [1.165, 1.54) is 35.1 Å². The van der Waals surface area contributed by atoms with Gasteiger partial charge < -0.3 is 10.3 Å². The van der Waals surface area contributed by atoms with Gasteiger partial charge >= 0.3 is 6.18 Å². The van der Waals surface area contributed by atoms with Crippen LogP contribution < -0.4 is 10.9 Å². The molecule has 0 aliphatic heterocycles. The van der Waals surface area contributed by atoms with Crippen molar-refractivity contribution in [1.82, 2.24) is 14.8 Å². The summed E-state index contributed by atoms with van der Waals surface area (Å²) in [5, 5.41) is 16.7. The minimum atomic E-state index is -4.69. The van der Waals surface area contributed by atoms with Gasteiger partial charge in [-0.25, -0.2) is 4.68 Å². The minimum absolute atomic E-state index is 0.0323. The van der Waals surface area contributed by atoms with Crippen molar-refractivity contribution in [3.63, 3.8) is 0 Å². The van der Waals surface area contributed by atoms with Gasteiger partial charge in [0.2, 0.25) is 0 Å². The van der Waals surface area contributed by atoms with Gasteiger partial charge in [0.1, 0.15) is 5.69 Å². The zero-order valence-corrected chi connectivity index (χ0v) is 13.7. The molecule has 9 nitrogen and oxygen atoms in total. The number of aromatic nitrogens is 3. The molecule has 3 aromatic rings. The number of hydrogen-bond acceptors (Lipinski definition) is 5. The number of pyridine rings is 1. The van der Waals surface area contributed by atoms with Crippen LogP contribution in [0, 0.1) is 10.1 Å². The Balaban J connectivity index is 1.81. The summed E-state index contributed by atoms with van der Waals surface area (Å²) in [5.41, 5.74) is -2.33. The zero-order chi connectivity index (χ0) is 20.5. The van der Waals surface area contributed by atoms with Crippen LogP contribution in [0.2, 0.25) is 0 Å². The standard InChI is InChI=1S/C16H10F3N5O4/c17-16(18,19)10-5-13(15(26)20-7-10)22-14(25)9-6-21-23(8-9)11-1-3-12(4-2-11)24(27)28/h1-8H,(H,20,26)(H,22,25). The second kappa shape index (κ2) is 6.98. The summed E-state index contributed by atoms with van der Waals surface area (Å²) in [5.74, 6) is -0.849. The van der Waals surface area contributed by atoms with Crippen LogP contribution in [0.15, 0.2) is 53.7 Å². The highest BCUT2D eigenvalue weighted by atomic mass is 19.4. The Labute approximate surface area is 153 Å². The third-order valence-electron chi connectivity index (χ3n) is 3.65. The van der Waals surface area contributed by atoms with Gasteiger partial charge in [-0.2, -0.15) is 18.3 Å². The van der Waals surface area contributed by atoms with Crippen molar-refractivity contribution in [1.29, 1.82) is 0 Å². The van der Waals surface area contributed by atoms with E-state index in [-0.39, 0.29) is 11.3 Å². The van der Waals surface area contributed by atoms with Crippen molar-refractivity contribution in [3.05, 3.63) is 80.5 Å². The number of H-pyrrole nitrogens is 1. The van der Waals surface area contributed by atoms with Crippen LogP contribution >= 0.6 is 0 Å². The number of carbonyl (C=O) groups excluding carboxylic acids is 1. The predicted molar refractivity (Wildman–Crippen MR) is 90.2 cm³/mol. The molecule has 1 amide bonds. The largest absolute Gasteiger partial charge is 0.417 e. The Bertz CT molecular complexity index is 1100. The molecule has 0 radical (unpaired) electrons. The quantitative estimate of drug-likeness (QED) is 0.521. The average molecular weight is 393 g/mol. The fourth-order valence-corrected chi connectivity index (χ4v) is 2.24. The van der Waals surface area contributed by atoms with E-state index in [1.54, 1.807) is 0 Å². The van der Waals surface area contributed by atoms with Crippen molar-refractivity contribution in [2.75, 3.05) is 5.32 Å². The number of non-ortho nitro benzene ring substituents is 1. The maximum Gasteiger partial charge on any atom is 0.417 e. The maximum absolute atomic E-state index is 12.7. The van der Waals surface area contributed by atoms with Crippen LogP contribution in [0.3, 0.4) is 0 Å². The van der Waals surface area contributed by atoms with E-state index < -0.39 is 33.8 Å². The molecule has 2 aromatic heterocycles. The second-order valence-corrected chi connectivity index (χ2v) is 5.53. The number of alkyl halides is 3. The SMILES string of the molecule is O=C(Nc1cc(C(F)(F)F)c[nH]c1=O)c1cnn(-c2ccc([N+](=O)[O-])cc2)c1. The fraction of sp³-hybridized carbons (Fsp3) is 0.0625. The summed E-state index contributed by atoms with van der Waals surface area (Å²) >= 11 is 0. The number of benzene rings is 1. The molecular formula is C16H10F3N5O4. The van der Waals surface area contributed by atoms with E-state index in [0.29, 0.717) is 18.0 Å². The molecule has 0 aliphatic rings. The van der Waals surface area contributed by atoms with E-state index in [2.05, 4.69) is 10.4 Å². The Hall–Kier alpha value is -3.96. The molecule has 2 heterocycles. The summed E-state index contributed by atoms with van der Waals surface area (Å²) in [6.07, 6.45) is -1.79. The summed E-state index contributed by atoms with van der Waals surface area (Å²) in [6.45, 7) is 0. The van der Waals surface area contributed by atoms with Gasteiger partial charge in [0.15, 0.2) is 0 Å². The Morgan fingerprint density at radius 1 is 1.25 bits per heavy atom. The summed E-state index contributed by atoms with van der Waals surface area (Å²) < 4.78 is 39.5. The number of hydrogen-bond donors (Lipinski definition) is 2. The second-order valence-electron chi connectivity index (χ2n) is 5.53. The number of nitro groups is 1. The Morgan fingerprint density at radius 2 is 1.93 bits per heavy atom. The summed E-state index contributed by atoms with van der Waals surface area (Å²) in [6, 6.07) is 5.84. The highest BCUT2D eigenvalue weighted by Gasteiger charge is 2.31. The normalized spacial score (nSPS) is 11.2. The minimum Gasteiger partial charge on any atom is -0.327 e. The molecule has 144 valence electrons. The molecule has 2 N–H and O–H groups in total. The van der Waals surface area contributed by atoms with Crippen LogP contribution in [0.4, 0.5) is 24.5 Å². The summed E-state index contributed by atoms with van der Waals surface area (Å²) in [7, 11) is 0. The van der Waals surface area contributed by atoms with E-state index in [4.69, 9.17) is 0 Å². The number of amides is 1. The molecular weight excluding hydrogens is 383 g/mol. The third kappa shape index (κ3) is 3.90. The molecule has 1 aromatic carbocycles. The van der Waals surface area contributed by atoms with Crippen molar-refractivity contribution < 1.29 is 22.9 Å². The zero-order valence-electron chi connectivity index (χ0n) is 13.7. The van der Waals surface area contributed by atoms with Gasteiger partial charge in [-0.1, -0.05) is 0 Å². The number of rotatable bonds is 4. The monoisotopic (exact) mass is 393 g/mol. The number of anilines is 1. The first-order valence-corrected chi connectivity index (χ1v) is 7.56. The van der Waals surface area contributed by atoms with Crippen LogP contribution in [0.5, 0.6) is 0 Å². The molecule has 0 fully saturated rings. The van der Waals surface area contributed by atoms with Crippen LogP contribution in [0.25, 0.3) is 5.69 Å². The van der Waals surface area contributed by atoms with Gasteiger partial charge in [-0.15, -0.1) is 0 Å². The predicted octanol–water partition coefficient (Wildman–Crippen LogP) is 2.74. The lowest BCUT2D eigenvalue weighted by molar-refractivity contribution is -0.384. The maximum atomic E-state index is 12.7. The van der Waals surface area contributed by atoms with Crippen LogP contribution in [0.1, 0.15) is 15.9 Å². The first-order chi connectivity index (χ1) is 13.1. The lowest BCUT2D eigenvalue weighted by atomic mass is 10.2. The van der Waals surface area contributed by atoms with Gasteiger partial charge in [0.25, 0.3) is 17.2 Å². The molecule has 0 saturated carbocycles. The van der Waals surface area contributed by atoms with Crippen molar-refractivity contribution in [2.24, 2.45) is 0 Å². The fourth-order valence-electron chi connectivity index (χ4n) is 2.24. The third-order valence-corrected chi connectivity index (χ3v) is 3.65. The smallest absolute Gasteiger partial charge is 0.327 e. The average Bonchev–Trinajstić information content (AvgIpc) is 3.13. The molecule has 28 heavy (non-hydrogen) atoms. The van der Waals surface area contributed by atoms with Crippen LogP contribution in [-0.4, -0.2) is 25.6 Å². The van der Waals surface area contributed by atoms with Gasteiger partial charge in [-0.05, 0) is 18.2 Å². The lowest BCUT2D eigenvalue weighted by Crippen LogP contribution is -2.21. The van der Waals surface area contributed by atoms with E-state index >= 15 is 0 Å². The van der Waals surface area contributed by atoms with E-state index in [0.717, 1.165) is 6.20 Å². The lowest BCUT2D eigenvalue weighted by Gasteiger charge is -2.08. The molecule has 0 bridgehead atoms. The Kier molecular flexibility index (Phi) is 4.69. The van der Waals surface area contributed by atoms with Crippen LogP contribution in [-0.2, 0) is 6.18 Å². The highest BCUT2D eigenvalue weighted by Crippen LogP contribution is 2.29. The van der Waals surface area contributed by atoms with Crippen molar-refractivity contribution in [2.45, 2.75) is 6.18 Å². The van der Waals surface area contributed by atoms with Crippen molar-refractivity contribution >= 4 is 17.3 Å². The number of nitrogens with one attached hydrogen (secondary N) is 2. The molecule has 0 unspecified atom stereocenters. The van der Waals surface area contributed by atoms with E-state index in [1.807, 2.05) is 4.98 Å². The van der Waals surface area contributed by atoms with Gasteiger partial charge in [-0.3, -0.25) is 19.7 Å². The van der Waals surface area contributed by atoms with Gasteiger partial charge in [0.05, 0.1) is 27.9 Å². The number of nitrogens with zero attached hydrogens (tertiary/aromatic N) is 3. The molecule has 0 atom stereocenters. The number of nitro benzene ring substituents is 1. The Morgan fingerprint density at radius 3 is 2.54 bits per heavy atom. The molecule has 0 aliphatic carbocycles. The molecule has 0 spiro atoms. The van der Waals surface area contributed by atoms with Crippen molar-refractivity contribution in [3.8, 4) is 5.69 Å². The van der Waals surface area contributed by atoms with Gasteiger partial charge in [0, 0.05) is 24.5 Å². The molecule has 3 rings (SSSR count). The number of carbonyl (C=O) groups is 1. The molecule has 12 heteroatoms. The first kappa shape index (κ1) is 18.8. The van der Waals surface area contributed by atoms with E-state index in [9.17, 15) is 32.9 Å². The number of halogens is 3. The number of aromatic amines is 1. The first-order valence-electron chi connectivity index (χ1n) is 7.56. The summed E-state index contributed by atoms with van der Waals surface area (Å²) in [4.78, 5) is 35.9. The topological polar surface area (TPSA) is 123 Å².